The molecule has 2 aromatic rings. The van der Waals surface area contributed by atoms with E-state index in [2.05, 4.69) is 15.0 Å². The third-order valence-corrected chi connectivity index (χ3v) is 1.85. The van der Waals surface area contributed by atoms with Gasteiger partial charge in [0.2, 0.25) is 0 Å². The molecule has 2 rings (SSSR count). The maximum atomic E-state index is 11.3. The van der Waals surface area contributed by atoms with E-state index >= 15 is 0 Å². The molecule has 0 aliphatic carbocycles. The molecule has 0 aromatic carbocycles. The minimum Gasteiger partial charge on any atom is -0.476 e. The molecule has 0 amide bonds. The molecule has 2 heterocycles. The lowest BCUT2D eigenvalue weighted by atomic mass is 10.3. The van der Waals surface area contributed by atoms with E-state index in [9.17, 15) is 9.59 Å². The van der Waals surface area contributed by atoms with Gasteiger partial charge in [-0.15, -0.1) is 0 Å². The van der Waals surface area contributed by atoms with Gasteiger partial charge in [-0.25, -0.2) is 14.8 Å². The summed E-state index contributed by atoms with van der Waals surface area (Å²) in [4.78, 5) is 31.8. The molecule has 17 heavy (non-hydrogen) atoms. The Hall–Kier alpha value is -2.70. The van der Waals surface area contributed by atoms with Crippen LogP contribution in [0.2, 0.25) is 0 Å². The first-order valence-electron chi connectivity index (χ1n) is 4.58. The van der Waals surface area contributed by atoms with Crippen LogP contribution in [-0.4, -0.2) is 26.0 Å². The van der Waals surface area contributed by atoms with Gasteiger partial charge in [-0.2, -0.15) is 0 Å². The highest BCUT2D eigenvalue weighted by molar-refractivity contribution is 5.88. The number of carbonyl (C=O) groups is 1. The molecular formula is C10H7N3O4. The highest BCUT2D eigenvalue weighted by Crippen LogP contribution is 2.19. The first-order valence-corrected chi connectivity index (χ1v) is 4.58. The summed E-state index contributed by atoms with van der Waals surface area (Å²) in [5, 5.41) is 8.86. The largest absolute Gasteiger partial charge is 0.476 e. The molecule has 0 fully saturated rings. The van der Waals surface area contributed by atoms with E-state index in [-0.39, 0.29) is 17.3 Å². The van der Waals surface area contributed by atoms with Crippen LogP contribution in [0.4, 0.5) is 0 Å². The summed E-state index contributed by atoms with van der Waals surface area (Å²) in [6, 6.07) is 2.89. The summed E-state index contributed by atoms with van der Waals surface area (Å²) in [5.41, 5.74) is -0.828. The van der Waals surface area contributed by atoms with Crippen LogP contribution in [0, 0.1) is 0 Å². The van der Waals surface area contributed by atoms with Crippen LogP contribution < -0.4 is 10.3 Å². The first-order chi connectivity index (χ1) is 8.18. The van der Waals surface area contributed by atoms with E-state index in [0.717, 1.165) is 0 Å². The highest BCUT2D eigenvalue weighted by Gasteiger charge is 2.14. The van der Waals surface area contributed by atoms with Crippen LogP contribution in [0.25, 0.3) is 0 Å². The molecule has 0 aliphatic heterocycles. The van der Waals surface area contributed by atoms with Crippen LogP contribution in [0.1, 0.15) is 10.5 Å². The van der Waals surface area contributed by atoms with Crippen LogP contribution in [0.15, 0.2) is 35.5 Å². The maximum Gasteiger partial charge on any atom is 0.358 e. The number of pyridine rings is 1. The quantitative estimate of drug-likeness (QED) is 0.806. The number of ether oxygens (including phenoxy) is 1. The van der Waals surface area contributed by atoms with E-state index < -0.39 is 11.5 Å². The predicted molar refractivity (Wildman–Crippen MR) is 56.1 cm³/mol. The summed E-state index contributed by atoms with van der Waals surface area (Å²) >= 11 is 0. The SMILES string of the molecule is O=C(O)c1ncccc1Oc1ncc[nH]c1=O. The van der Waals surface area contributed by atoms with Crippen molar-refractivity contribution in [2.24, 2.45) is 0 Å². The van der Waals surface area contributed by atoms with Gasteiger partial charge < -0.3 is 14.8 Å². The average Bonchev–Trinajstić information content (AvgIpc) is 2.32. The van der Waals surface area contributed by atoms with Gasteiger partial charge in [0.25, 0.3) is 5.88 Å². The van der Waals surface area contributed by atoms with Gasteiger partial charge in [0.15, 0.2) is 11.4 Å². The lowest BCUT2D eigenvalue weighted by molar-refractivity contribution is 0.0687. The van der Waals surface area contributed by atoms with Crippen LogP contribution in [0.5, 0.6) is 11.6 Å². The Morgan fingerprint density at radius 2 is 2.18 bits per heavy atom. The Bertz CT molecular complexity index is 608. The van der Waals surface area contributed by atoms with Crippen molar-refractivity contribution in [3.05, 3.63) is 46.8 Å². The second-order valence-electron chi connectivity index (χ2n) is 2.98. The minimum absolute atomic E-state index is 0.0378. The fraction of sp³-hybridized carbons (Fsp3) is 0. The molecule has 0 unspecified atom stereocenters. The number of carboxylic acid groups (broad SMARTS) is 1. The molecular weight excluding hydrogens is 226 g/mol. The molecule has 0 aliphatic rings. The van der Waals surface area contributed by atoms with Crippen molar-refractivity contribution in [1.82, 2.24) is 15.0 Å². The van der Waals surface area contributed by atoms with E-state index in [1.165, 1.54) is 30.7 Å². The Labute approximate surface area is 94.7 Å². The number of aromatic amines is 1. The maximum absolute atomic E-state index is 11.3. The van der Waals surface area contributed by atoms with Crippen LogP contribution >= 0.6 is 0 Å². The van der Waals surface area contributed by atoms with Crippen LogP contribution in [-0.2, 0) is 0 Å². The zero-order chi connectivity index (χ0) is 12.3. The predicted octanol–water partition coefficient (Wildman–Crippen LogP) is 0.655. The highest BCUT2D eigenvalue weighted by atomic mass is 16.5. The molecule has 2 N–H and O–H groups in total. The molecule has 0 saturated heterocycles. The van der Waals surface area contributed by atoms with Gasteiger partial charge in [-0.3, -0.25) is 4.79 Å². The van der Waals surface area contributed by atoms with Crippen molar-refractivity contribution >= 4 is 5.97 Å². The second kappa shape index (κ2) is 4.44. The van der Waals surface area contributed by atoms with Crippen LogP contribution in [0.3, 0.4) is 0 Å². The number of aromatic carboxylic acids is 1. The Morgan fingerprint density at radius 3 is 2.88 bits per heavy atom. The Morgan fingerprint density at radius 1 is 1.35 bits per heavy atom. The number of aromatic nitrogens is 3. The van der Waals surface area contributed by atoms with Gasteiger partial charge >= 0.3 is 11.5 Å². The third-order valence-electron chi connectivity index (χ3n) is 1.85. The summed E-state index contributed by atoms with van der Waals surface area (Å²) in [5.74, 6) is -1.51. The van der Waals surface area contributed by atoms with E-state index in [1.54, 1.807) is 0 Å². The molecule has 0 radical (unpaired) electrons. The lowest BCUT2D eigenvalue weighted by Crippen LogP contribution is -2.11. The fourth-order valence-corrected chi connectivity index (χ4v) is 1.15. The monoisotopic (exact) mass is 233 g/mol. The Balaban J connectivity index is 2.40. The summed E-state index contributed by atoms with van der Waals surface area (Å²) in [6.45, 7) is 0. The number of hydrogen-bond acceptors (Lipinski definition) is 5. The van der Waals surface area contributed by atoms with Crippen molar-refractivity contribution in [3.63, 3.8) is 0 Å². The number of nitrogens with one attached hydrogen (secondary N) is 1. The zero-order valence-corrected chi connectivity index (χ0v) is 8.45. The standard InChI is InChI=1S/C10H7N3O4/c14-8-9(13-5-4-12-8)17-6-2-1-3-11-7(6)10(15)16/h1-5H,(H,12,14)(H,15,16). The first kappa shape index (κ1) is 10.8. The van der Waals surface area contributed by atoms with E-state index in [1.807, 2.05) is 0 Å². The fourth-order valence-electron chi connectivity index (χ4n) is 1.15. The zero-order valence-electron chi connectivity index (χ0n) is 8.45. The topological polar surface area (TPSA) is 105 Å². The van der Waals surface area contributed by atoms with E-state index in [0.29, 0.717) is 0 Å². The van der Waals surface area contributed by atoms with Crippen molar-refractivity contribution in [1.29, 1.82) is 0 Å². The van der Waals surface area contributed by atoms with Crippen molar-refractivity contribution in [2.75, 3.05) is 0 Å². The van der Waals surface area contributed by atoms with E-state index in [4.69, 9.17) is 9.84 Å². The van der Waals surface area contributed by atoms with Gasteiger partial charge in [0, 0.05) is 18.6 Å². The third kappa shape index (κ3) is 2.28. The molecule has 7 heteroatoms. The number of carboxylic acids is 1. The van der Waals surface area contributed by atoms with Crippen molar-refractivity contribution in [3.8, 4) is 11.6 Å². The van der Waals surface area contributed by atoms with Gasteiger partial charge in [-0.05, 0) is 12.1 Å². The number of H-pyrrole nitrogens is 1. The van der Waals surface area contributed by atoms with Gasteiger partial charge in [-0.1, -0.05) is 0 Å². The minimum atomic E-state index is -1.24. The molecule has 2 aromatic heterocycles. The number of nitrogens with zero attached hydrogens (tertiary/aromatic N) is 2. The summed E-state index contributed by atoms with van der Waals surface area (Å²) in [7, 11) is 0. The smallest absolute Gasteiger partial charge is 0.358 e. The van der Waals surface area contributed by atoms with Gasteiger partial charge in [0.05, 0.1) is 0 Å². The molecule has 0 atom stereocenters. The number of hydrogen-bond donors (Lipinski definition) is 2. The summed E-state index contributed by atoms with van der Waals surface area (Å²) < 4.78 is 5.10. The number of rotatable bonds is 3. The summed E-state index contributed by atoms with van der Waals surface area (Å²) in [6.07, 6.45) is 3.99. The molecule has 86 valence electrons. The molecule has 0 saturated carbocycles. The second-order valence-corrected chi connectivity index (χ2v) is 2.98. The van der Waals surface area contributed by atoms with Crippen molar-refractivity contribution in [2.45, 2.75) is 0 Å². The normalized spacial score (nSPS) is 9.88. The molecule has 7 nitrogen and oxygen atoms in total. The molecule has 0 spiro atoms. The Kier molecular flexibility index (Phi) is 2.82. The average molecular weight is 233 g/mol. The molecule has 0 bridgehead atoms. The lowest BCUT2D eigenvalue weighted by Gasteiger charge is -2.05. The van der Waals surface area contributed by atoms with Gasteiger partial charge in [0.1, 0.15) is 0 Å². The van der Waals surface area contributed by atoms with Crippen molar-refractivity contribution < 1.29 is 14.6 Å².